The summed E-state index contributed by atoms with van der Waals surface area (Å²) in [4.78, 5) is 4.92. The van der Waals surface area contributed by atoms with Crippen molar-refractivity contribution >= 4 is 11.4 Å². The summed E-state index contributed by atoms with van der Waals surface area (Å²) in [5, 5.41) is 3.62. The molecule has 1 aromatic rings. The topological polar surface area (TPSA) is 27.7 Å². The minimum atomic E-state index is 0.641. The summed E-state index contributed by atoms with van der Waals surface area (Å²) in [6.07, 6.45) is 2.52. The van der Waals surface area contributed by atoms with Crippen LogP contribution in [0.4, 0.5) is 11.4 Å². The zero-order valence-corrected chi connectivity index (χ0v) is 13.1. The lowest BCUT2D eigenvalue weighted by atomic mass is 10.1. The Balaban J connectivity index is 1.63. The van der Waals surface area contributed by atoms with E-state index < -0.39 is 0 Å². The number of morpholine rings is 1. The Labute approximate surface area is 128 Å². The second-order valence-electron chi connectivity index (χ2n) is 6.00. The van der Waals surface area contributed by atoms with Gasteiger partial charge in [0, 0.05) is 50.1 Å². The lowest BCUT2D eigenvalue weighted by Crippen LogP contribution is -2.50. The van der Waals surface area contributed by atoms with Gasteiger partial charge in [0.2, 0.25) is 0 Å². The molecule has 2 saturated heterocycles. The van der Waals surface area contributed by atoms with Gasteiger partial charge in [-0.05, 0) is 30.7 Å². The van der Waals surface area contributed by atoms with E-state index in [1.807, 2.05) is 0 Å². The quantitative estimate of drug-likeness (QED) is 0.919. The van der Waals surface area contributed by atoms with E-state index in [1.165, 1.54) is 24.2 Å². The van der Waals surface area contributed by atoms with Gasteiger partial charge < -0.3 is 19.9 Å². The maximum atomic E-state index is 5.42. The molecule has 0 radical (unpaired) electrons. The number of piperazine rings is 1. The maximum absolute atomic E-state index is 5.42. The lowest BCUT2D eigenvalue weighted by Gasteiger charge is -2.36. The van der Waals surface area contributed by atoms with Gasteiger partial charge in [0.05, 0.1) is 13.2 Å². The molecule has 0 saturated carbocycles. The third kappa shape index (κ3) is 3.69. The highest BCUT2D eigenvalue weighted by Gasteiger charge is 2.19. The van der Waals surface area contributed by atoms with E-state index in [0.717, 1.165) is 45.9 Å². The van der Waals surface area contributed by atoms with Crippen molar-refractivity contribution in [3.05, 3.63) is 24.3 Å². The van der Waals surface area contributed by atoms with E-state index in [4.69, 9.17) is 4.74 Å². The molecule has 1 aromatic carbocycles. The number of hydrogen-bond donors (Lipinski definition) is 1. The molecule has 0 bridgehead atoms. The van der Waals surface area contributed by atoms with Gasteiger partial charge in [-0.15, -0.1) is 0 Å². The summed E-state index contributed by atoms with van der Waals surface area (Å²) in [6, 6.07) is 9.72. The molecule has 21 heavy (non-hydrogen) atoms. The van der Waals surface area contributed by atoms with Gasteiger partial charge in [-0.1, -0.05) is 13.3 Å². The summed E-state index contributed by atoms with van der Waals surface area (Å²) in [6.45, 7) is 9.29. The average Bonchev–Trinajstić information content (AvgIpc) is 2.56. The zero-order chi connectivity index (χ0) is 14.5. The van der Waals surface area contributed by atoms with E-state index >= 15 is 0 Å². The van der Waals surface area contributed by atoms with Crippen molar-refractivity contribution in [3.63, 3.8) is 0 Å². The maximum Gasteiger partial charge on any atom is 0.0642 e. The van der Waals surface area contributed by atoms with Crippen molar-refractivity contribution in [3.8, 4) is 0 Å². The van der Waals surface area contributed by atoms with E-state index in [1.54, 1.807) is 0 Å². The van der Waals surface area contributed by atoms with Crippen molar-refractivity contribution in [1.82, 2.24) is 5.32 Å². The molecule has 4 nitrogen and oxygen atoms in total. The van der Waals surface area contributed by atoms with Gasteiger partial charge in [-0.25, -0.2) is 0 Å². The lowest BCUT2D eigenvalue weighted by molar-refractivity contribution is 0.122. The van der Waals surface area contributed by atoms with Gasteiger partial charge in [0.15, 0.2) is 0 Å². The first-order chi connectivity index (χ1) is 10.4. The molecule has 0 amide bonds. The Morgan fingerprint density at radius 2 is 1.71 bits per heavy atom. The molecule has 116 valence electrons. The molecule has 2 fully saturated rings. The van der Waals surface area contributed by atoms with Crippen LogP contribution in [0, 0.1) is 0 Å². The summed E-state index contributed by atoms with van der Waals surface area (Å²) >= 11 is 0. The van der Waals surface area contributed by atoms with Gasteiger partial charge in [0.1, 0.15) is 0 Å². The second kappa shape index (κ2) is 7.14. The molecule has 1 atom stereocenters. The average molecular weight is 289 g/mol. The summed E-state index contributed by atoms with van der Waals surface area (Å²) < 4.78 is 5.42. The first kappa shape index (κ1) is 14.7. The van der Waals surface area contributed by atoms with Crippen molar-refractivity contribution in [2.75, 3.05) is 55.7 Å². The fourth-order valence-electron chi connectivity index (χ4n) is 3.30. The van der Waals surface area contributed by atoms with Crippen molar-refractivity contribution in [1.29, 1.82) is 0 Å². The minimum Gasteiger partial charge on any atom is -0.378 e. The summed E-state index contributed by atoms with van der Waals surface area (Å²) in [5.41, 5.74) is 2.68. The Hall–Kier alpha value is -1.26. The van der Waals surface area contributed by atoms with Crippen molar-refractivity contribution in [2.45, 2.75) is 25.8 Å². The van der Waals surface area contributed by atoms with E-state index in [-0.39, 0.29) is 0 Å². The molecule has 0 spiro atoms. The van der Waals surface area contributed by atoms with Crippen LogP contribution in [-0.4, -0.2) is 52.0 Å². The fourth-order valence-corrected chi connectivity index (χ4v) is 3.30. The largest absolute Gasteiger partial charge is 0.378 e. The first-order valence-electron chi connectivity index (χ1n) is 8.28. The predicted octanol–water partition coefficient (Wildman–Crippen LogP) is 2.10. The number of rotatable bonds is 4. The van der Waals surface area contributed by atoms with Crippen LogP contribution >= 0.6 is 0 Å². The highest BCUT2D eigenvalue weighted by molar-refractivity contribution is 5.56. The summed E-state index contributed by atoms with van der Waals surface area (Å²) in [7, 11) is 0. The number of nitrogens with zero attached hydrogens (tertiary/aromatic N) is 2. The van der Waals surface area contributed by atoms with E-state index in [2.05, 4.69) is 46.3 Å². The highest BCUT2D eigenvalue weighted by atomic mass is 16.5. The number of nitrogens with one attached hydrogen (secondary N) is 1. The van der Waals surface area contributed by atoms with Crippen molar-refractivity contribution in [2.24, 2.45) is 0 Å². The van der Waals surface area contributed by atoms with Crippen LogP contribution in [0.25, 0.3) is 0 Å². The van der Waals surface area contributed by atoms with Crippen LogP contribution in [0.15, 0.2) is 24.3 Å². The third-order valence-corrected chi connectivity index (χ3v) is 4.48. The number of anilines is 2. The minimum absolute atomic E-state index is 0.641. The molecule has 1 N–H and O–H groups in total. The Bertz CT molecular complexity index is 426. The third-order valence-electron chi connectivity index (χ3n) is 4.48. The Morgan fingerprint density at radius 3 is 2.38 bits per heavy atom. The van der Waals surface area contributed by atoms with Crippen LogP contribution in [0.1, 0.15) is 19.8 Å². The van der Waals surface area contributed by atoms with Crippen LogP contribution in [0.5, 0.6) is 0 Å². The van der Waals surface area contributed by atoms with E-state index in [9.17, 15) is 0 Å². The van der Waals surface area contributed by atoms with Crippen LogP contribution in [0.3, 0.4) is 0 Å². The summed E-state index contributed by atoms with van der Waals surface area (Å²) in [5.74, 6) is 0. The Morgan fingerprint density at radius 1 is 1.05 bits per heavy atom. The predicted molar refractivity (Wildman–Crippen MR) is 88.4 cm³/mol. The van der Waals surface area contributed by atoms with Crippen LogP contribution in [-0.2, 0) is 4.74 Å². The molecule has 2 heterocycles. The first-order valence-corrected chi connectivity index (χ1v) is 8.28. The smallest absolute Gasteiger partial charge is 0.0642 e. The molecule has 2 aliphatic heterocycles. The van der Waals surface area contributed by atoms with Crippen LogP contribution < -0.4 is 15.1 Å². The van der Waals surface area contributed by atoms with Gasteiger partial charge in [-0.3, -0.25) is 0 Å². The standard InChI is InChI=1S/C17H27N3O/c1-2-3-15-14-20(9-8-18-15)17-6-4-16(5-7-17)19-10-12-21-13-11-19/h4-7,15,18H,2-3,8-14H2,1H3. The highest BCUT2D eigenvalue weighted by Crippen LogP contribution is 2.23. The molecule has 4 heteroatoms. The molecule has 0 aromatic heterocycles. The molecule has 2 aliphatic rings. The number of benzene rings is 1. The fraction of sp³-hybridized carbons (Fsp3) is 0.647. The number of hydrogen-bond acceptors (Lipinski definition) is 4. The SMILES string of the molecule is CCCC1CN(c2ccc(N3CCOCC3)cc2)CCN1. The van der Waals surface area contributed by atoms with Gasteiger partial charge >= 0.3 is 0 Å². The molecule has 0 aliphatic carbocycles. The Kier molecular flexibility index (Phi) is 4.99. The van der Waals surface area contributed by atoms with E-state index in [0.29, 0.717) is 6.04 Å². The normalized spacial score (nSPS) is 23.4. The van der Waals surface area contributed by atoms with Crippen molar-refractivity contribution < 1.29 is 4.74 Å². The van der Waals surface area contributed by atoms with Crippen LogP contribution in [0.2, 0.25) is 0 Å². The second-order valence-corrected chi connectivity index (χ2v) is 6.00. The van der Waals surface area contributed by atoms with Gasteiger partial charge in [-0.2, -0.15) is 0 Å². The molecule has 1 unspecified atom stereocenters. The van der Waals surface area contributed by atoms with Gasteiger partial charge in [0.25, 0.3) is 0 Å². The molecule has 3 rings (SSSR count). The zero-order valence-electron chi connectivity index (χ0n) is 13.1. The molecular weight excluding hydrogens is 262 g/mol. The molecular formula is C17H27N3O. The monoisotopic (exact) mass is 289 g/mol. The number of ether oxygens (including phenoxy) is 1.